The van der Waals surface area contributed by atoms with Crippen molar-refractivity contribution >= 4 is 22.4 Å². The van der Waals surface area contributed by atoms with Crippen LogP contribution in [0, 0.1) is 6.92 Å². The number of hydrogen-bond acceptors (Lipinski definition) is 8. The number of anilines is 2. The fraction of sp³-hybridized carbons (Fsp3) is 0.481. The number of nitrogen functional groups attached to an aromatic ring is 1. The summed E-state index contributed by atoms with van der Waals surface area (Å²) in [5, 5.41) is 14.0. The summed E-state index contributed by atoms with van der Waals surface area (Å²) in [6.07, 6.45) is 0.0895. The molecule has 1 heterocycles. The van der Waals surface area contributed by atoms with E-state index in [1.54, 1.807) is 32.2 Å². The first kappa shape index (κ1) is 28.3. The lowest BCUT2D eigenvalue weighted by Gasteiger charge is -2.30. The molecule has 3 rings (SSSR count). The van der Waals surface area contributed by atoms with E-state index in [1.165, 1.54) is 12.1 Å². The van der Waals surface area contributed by atoms with E-state index in [0.717, 1.165) is 13.8 Å². The van der Waals surface area contributed by atoms with Gasteiger partial charge in [0.1, 0.15) is 23.9 Å². The van der Waals surface area contributed by atoms with Gasteiger partial charge in [-0.05, 0) is 71.4 Å². The van der Waals surface area contributed by atoms with E-state index < -0.39 is 17.6 Å². The normalized spacial score (nSPS) is 13.2. The van der Waals surface area contributed by atoms with Gasteiger partial charge >= 0.3 is 5.92 Å². The second-order valence-electron chi connectivity index (χ2n) is 9.80. The topological polar surface area (TPSA) is 112 Å². The van der Waals surface area contributed by atoms with Gasteiger partial charge in [-0.25, -0.2) is 9.97 Å². The molecule has 202 valence electrons. The zero-order valence-corrected chi connectivity index (χ0v) is 22.4. The lowest BCUT2D eigenvalue weighted by Crippen LogP contribution is -2.40. The molecule has 0 fully saturated rings. The van der Waals surface area contributed by atoms with E-state index in [4.69, 9.17) is 19.9 Å². The lowest BCUT2D eigenvalue weighted by atomic mass is 9.91. The van der Waals surface area contributed by atoms with Crippen LogP contribution in [0.2, 0.25) is 0 Å². The number of aryl methyl sites for hydroxylation is 1. The molecule has 0 aliphatic carbocycles. The first-order valence-electron chi connectivity index (χ1n) is 12.1. The van der Waals surface area contributed by atoms with Crippen LogP contribution in [-0.2, 0) is 10.7 Å². The van der Waals surface area contributed by atoms with Crippen molar-refractivity contribution in [2.45, 2.75) is 65.2 Å². The molecule has 1 atom stereocenters. The smallest absolute Gasteiger partial charge is 0.300 e. The molecule has 0 saturated heterocycles. The highest BCUT2D eigenvalue weighted by atomic mass is 19.3. The Hall–Kier alpha value is -3.24. The SMILES string of the molecule is COc1cc2nc(C)nc(N[C@H](C)c3cc(N)cc(C(F)(F)C(C)(C)O)c3)c2cc1OCCOC(C)C. The summed E-state index contributed by atoms with van der Waals surface area (Å²) in [6, 6.07) is 7.23. The first-order valence-corrected chi connectivity index (χ1v) is 12.1. The van der Waals surface area contributed by atoms with Gasteiger partial charge in [-0.15, -0.1) is 0 Å². The second-order valence-corrected chi connectivity index (χ2v) is 9.80. The largest absolute Gasteiger partial charge is 0.493 e. The highest BCUT2D eigenvalue weighted by Crippen LogP contribution is 2.41. The molecule has 0 aliphatic rings. The van der Waals surface area contributed by atoms with Gasteiger partial charge in [0, 0.05) is 22.7 Å². The zero-order chi connectivity index (χ0) is 27.5. The number of nitrogens with two attached hydrogens (primary N) is 1. The predicted octanol–water partition coefficient (Wildman–Crippen LogP) is 5.37. The maximum Gasteiger partial charge on any atom is 0.300 e. The third-order valence-electron chi connectivity index (χ3n) is 5.85. The molecule has 37 heavy (non-hydrogen) atoms. The van der Waals surface area contributed by atoms with Gasteiger partial charge < -0.3 is 30.4 Å². The van der Waals surface area contributed by atoms with Crippen LogP contribution < -0.4 is 20.5 Å². The number of hydrogen-bond donors (Lipinski definition) is 3. The van der Waals surface area contributed by atoms with Crippen molar-refractivity contribution < 1.29 is 28.1 Å². The van der Waals surface area contributed by atoms with Gasteiger partial charge in [0.2, 0.25) is 0 Å². The summed E-state index contributed by atoms with van der Waals surface area (Å²) in [4.78, 5) is 9.07. The number of nitrogens with one attached hydrogen (secondary N) is 1. The number of rotatable bonds is 11. The predicted molar refractivity (Wildman–Crippen MR) is 140 cm³/mol. The van der Waals surface area contributed by atoms with Gasteiger partial charge in [-0.3, -0.25) is 0 Å². The van der Waals surface area contributed by atoms with Crippen molar-refractivity contribution in [3.63, 3.8) is 0 Å². The van der Waals surface area contributed by atoms with Crippen LogP contribution in [0.25, 0.3) is 10.9 Å². The summed E-state index contributed by atoms with van der Waals surface area (Å²) in [7, 11) is 1.55. The van der Waals surface area contributed by atoms with Crippen molar-refractivity contribution in [3.05, 3.63) is 47.3 Å². The zero-order valence-electron chi connectivity index (χ0n) is 22.4. The Morgan fingerprint density at radius 1 is 1.03 bits per heavy atom. The van der Waals surface area contributed by atoms with Crippen LogP contribution in [0.3, 0.4) is 0 Å². The average Bonchev–Trinajstić information content (AvgIpc) is 2.80. The Balaban J connectivity index is 1.97. The number of aromatic nitrogens is 2. The van der Waals surface area contributed by atoms with E-state index in [-0.39, 0.29) is 17.4 Å². The van der Waals surface area contributed by atoms with Crippen molar-refractivity contribution in [2.75, 3.05) is 31.4 Å². The van der Waals surface area contributed by atoms with Crippen molar-refractivity contribution in [2.24, 2.45) is 0 Å². The van der Waals surface area contributed by atoms with Gasteiger partial charge in [-0.2, -0.15) is 8.78 Å². The van der Waals surface area contributed by atoms with Crippen LogP contribution in [0.4, 0.5) is 20.3 Å². The Kier molecular flexibility index (Phi) is 8.44. The Bertz CT molecular complexity index is 1250. The van der Waals surface area contributed by atoms with E-state index >= 15 is 0 Å². The van der Waals surface area contributed by atoms with Crippen LogP contribution in [0.5, 0.6) is 11.5 Å². The molecule has 4 N–H and O–H groups in total. The van der Waals surface area contributed by atoms with Crippen molar-refractivity contribution in [3.8, 4) is 11.5 Å². The fourth-order valence-corrected chi connectivity index (χ4v) is 3.82. The third kappa shape index (κ3) is 6.56. The molecule has 3 aromatic rings. The molecule has 0 radical (unpaired) electrons. The third-order valence-corrected chi connectivity index (χ3v) is 5.85. The molecule has 0 amide bonds. The minimum Gasteiger partial charge on any atom is -0.493 e. The first-order chi connectivity index (χ1) is 17.2. The Morgan fingerprint density at radius 3 is 2.35 bits per heavy atom. The second kappa shape index (κ2) is 11.0. The number of alkyl halides is 2. The molecule has 8 nitrogen and oxygen atoms in total. The van der Waals surface area contributed by atoms with Crippen molar-refractivity contribution in [1.82, 2.24) is 9.97 Å². The van der Waals surface area contributed by atoms with Crippen LogP contribution >= 0.6 is 0 Å². The molecule has 1 aromatic heterocycles. The fourth-order valence-electron chi connectivity index (χ4n) is 3.82. The number of fused-ring (bicyclic) bond motifs is 1. The number of aliphatic hydroxyl groups is 1. The van der Waals surface area contributed by atoms with Gasteiger partial charge in [0.15, 0.2) is 11.5 Å². The number of benzene rings is 2. The molecule has 0 aliphatic heterocycles. The summed E-state index contributed by atoms with van der Waals surface area (Å²) in [5.41, 5.74) is 4.65. The summed E-state index contributed by atoms with van der Waals surface area (Å²) < 4.78 is 46.7. The van der Waals surface area contributed by atoms with E-state index in [2.05, 4.69) is 15.3 Å². The molecular formula is C27H36F2N4O4. The average molecular weight is 519 g/mol. The highest BCUT2D eigenvalue weighted by molar-refractivity contribution is 5.92. The van der Waals surface area contributed by atoms with Crippen molar-refractivity contribution in [1.29, 1.82) is 0 Å². The van der Waals surface area contributed by atoms with Gasteiger partial charge in [0.05, 0.1) is 31.4 Å². The summed E-state index contributed by atoms with van der Waals surface area (Å²) >= 11 is 0. The Labute approximate surface area is 216 Å². The van der Waals surface area contributed by atoms with Gasteiger partial charge in [0.25, 0.3) is 0 Å². The molecular weight excluding hydrogens is 482 g/mol. The molecule has 2 aromatic carbocycles. The molecule has 10 heteroatoms. The molecule has 0 bridgehead atoms. The minimum absolute atomic E-state index is 0.0895. The van der Waals surface area contributed by atoms with Gasteiger partial charge in [-0.1, -0.05) is 0 Å². The van der Waals surface area contributed by atoms with E-state index in [9.17, 15) is 13.9 Å². The number of ether oxygens (including phenoxy) is 3. The standard InChI is InChI=1S/C27H36F2N4O4/c1-15(2)36-8-9-37-24-13-21-22(14-23(24)35-7)32-17(4)33-25(21)31-16(3)18-10-19(12-20(30)11-18)27(28,29)26(5,6)34/h10-16,34H,8-9,30H2,1-7H3,(H,31,32,33)/t16-/m1/s1. The molecule has 0 unspecified atom stereocenters. The monoisotopic (exact) mass is 518 g/mol. The minimum atomic E-state index is -3.50. The summed E-state index contributed by atoms with van der Waals surface area (Å²) in [6.45, 7) is 10.3. The van der Waals surface area contributed by atoms with E-state index in [1.807, 2.05) is 20.8 Å². The van der Waals surface area contributed by atoms with Crippen LogP contribution in [-0.4, -0.2) is 47.1 Å². The maximum atomic E-state index is 14.9. The molecule has 0 saturated carbocycles. The highest BCUT2D eigenvalue weighted by Gasteiger charge is 2.47. The van der Waals surface area contributed by atoms with E-state index in [0.29, 0.717) is 52.8 Å². The number of methoxy groups -OCH3 is 1. The lowest BCUT2D eigenvalue weighted by molar-refractivity contribution is -0.168. The summed E-state index contributed by atoms with van der Waals surface area (Å²) in [5.74, 6) is -1.47. The maximum absolute atomic E-state index is 14.9. The number of nitrogens with zero attached hydrogens (tertiary/aromatic N) is 2. The quantitative estimate of drug-likeness (QED) is 0.230. The van der Waals surface area contributed by atoms with Crippen LogP contribution in [0.15, 0.2) is 30.3 Å². The number of halogens is 2. The van der Waals surface area contributed by atoms with Crippen LogP contribution in [0.1, 0.15) is 57.6 Å². The molecule has 0 spiro atoms. The Morgan fingerprint density at radius 2 is 1.73 bits per heavy atom.